The molecule has 2 atom stereocenters. The standard InChI is InChI=1S/C13H22O3/c1-10(14)6-9-13(16)11(2,3)7-5-8-12(13,4)15/h6,9,15-16H,5,7-8H2,1-4H3/b9-6+. The lowest BCUT2D eigenvalue weighted by Crippen LogP contribution is -2.62. The molecule has 0 aromatic rings. The summed E-state index contributed by atoms with van der Waals surface area (Å²) >= 11 is 0. The van der Waals surface area contributed by atoms with Gasteiger partial charge in [0, 0.05) is 0 Å². The van der Waals surface area contributed by atoms with Gasteiger partial charge < -0.3 is 10.2 Å². The van der Waals surface area contributed by atoms with Crippen LogP contribution in [-0.4, -0.2) is 27.2 Å². The minimum absolute atomic E-state index is 0.120. The number of aliphatic hydroxyl groups is 2. The van der Waals surface area contributed by atoms with E-state index in [-0.39, 0.29) is 5.78 Å². The first-order valence-corrected chi connectivity index (χ1v) is 5.77. The van der Waals surface area contributed by atoms with Crippen LogP contribution in [0, 0.1) is 5.41 Å². The van der Waals surface area contributed by atoms with Crippen LogP contribution < -0.4 is 0 Å². The third-order valence-electron chi connectivity index (χ3n) is 3.88. The van der Waals surface area contributed by atoms with Gasteiger partial charge in [0.25, 0.3) is 0 Å². The fourth-order valence-corrected chi connectivity index (χ4v) is 2.63. The molecule has 0 amide bonds. The highest BCUT2D eigenvalue weighted by Gasteiger charge is 2.56. The molecule has 0 radical (unpaired) electrons. The van der Waals surface area contributed by atoms with Crippen molar-refractivity contribution in [1.29, 1.82) is 0 Å². The average molecular weight is 226 g/mol. The molecule has 0 spiro atoms. The van der Waals surface area contributed by atoms with E-state index in [1.807, 2.05) is 13.8 Å². The van der Waals surface area contributed by atoms with Crippen molar-refractivity contribution in [2.45, 2.75) is 58.2 Å². The van der Waals surface area contributed by atoms with Gasteiger partial charge in [0.15, 0.2) is 5.78 Å². The lowest BCUT2D eigenvalue weighted by atomic mass is 9.58. The molecule has 0 aromatic heterocycles. The second-order valence-electron chi connectivity index (χ2n) is 5.72. The summed E-state index contributed by atoms with van der Waals surface area (Å²) in [6, 6.07) is 0. The first kappa shape index (κ1) is 13.4. The summed E-state index contributed by atoms with van der Waals surface area (Å²) in [5, 5.41) is 21.0. The van der Waals surface area contributed by atoms with Crippen molar-refractivity contribution in [1.82, 2.24) is 0 Å². The van der Waals surface area contributed by atoms with E-state index in [0.717, 1.165) is 12.8 Å². The van der Waals surface area contributed by atoms with E-state index in [1.54, 1.807) is 6.92 Å². The molecule has 0 aliphatic heterocycles. The molecule has 3 heteroatoms. The van der Waals surface area contributed by atoms with Crippen LogP contribution in [-0.2, 0) is 4.79 Å². The smallest absolute Gasteiger partial charge is 0.152 e. The topological polar surface area (TPSA) is 57.5 Å². The Morgan fingerprint density at radius 3 is 2.19 bits per heavy atom. The molecule has 1 fully saturated rings. The van der Waals surface area contributed by atoms with E-state index < -0.39 is 16.6 Å². The summed E-state index contributed by atoms with van der Waals surface area (Å²) in [4.78, 5) is 11.0. The number of carbonyl (C=O) groups is 1. The first-order chi connectivity index (χ1) is 7.12. The molecule has 2 unspecified atom stereocenters. The molecule has 1 aliphatic rings. The van der Waals surface area contributed by atoms with Crippen LogP contribution in [0.1, 0.15) is 47.0 Å². The van der Waals surface area contributed by atoms with Crippen molar-refractivity contribution in [3.63, 3.8) is 0 Å². The molecule has 0 saturated heterocycles. The van der Waals surface area contributed by atoms with E-state index >= 15 is 0 Å². The number of hydrogen-bond donors (Lipinski definition) is 2. The molecular weight excluding hydrogens is 204 g/mol. The van der Waals surface area contributed by atoms with E-state index in [1.165, 1.54) is 19.1 Å². The predicted octanol–water partition coefficient (Wildman–Crippen LogP) is 1.82. The van der Waals surface area contributed by atoms with Crippen molar-refractivity contribution >= 4 is 5.78 Å². The Balaban J connectivity index is 3.15. The third-order valence-corrected chi connectivity index (χ3v) is 3.88. The lowest BCUT2D eigenvalue weighted by Gasteiger charge is -2.53. The second kappa shape index (κ2) is 3.97. The molecule has 1 rings (SSSR count). The number of hydrogen-bond acceptors (Lipinski definition) is 3. The highest BCUT2D eigenvalue weighted by atomic mass is 16.4. The summed E-state index contributed by atoms with van der Waals surface area (Å²) in [5.74, 6) is -0.120. The highest BCUT2D eigenvalue weighted by molar-refractivity contribution is 5.87. The zero-order chi connectivity index (χ0) is 12.6. The van der Waals surface area contributed by atoms with Crippen LogP contribution in [0.25, 0.3) is 0 Å². The molecule has 0 bridgehead atoms. The first-order valence-electron chi connectivity index (χ1n) is 5.77. The number of ketones is 1. The van der Waals surface area contributed by atoms with Gasteiger partial charge in [0.1, 0.15) is 5.60 Å². The Hall–Kier alpha value is -0.670. The number of rotatable bonds is 2. The minimum atomic E-state index is -1.34. The van der Waals surface area contributed by atoms with Crippen LogP contribution in [0.2, 0.25) is 0 Å². The summed E-state index contributed by atoms with van der Waals surface area (Å²) in [6.45, 7) is 6.92. The molecule has 0 heterocycles. The van der Waals surface area contributed by atoms with E-state index in [9.17, 15) is 15.0 Å². The Labute approximate surface area is 97.2 Å². The maximum Gasteiger partial charge on any atom is 0.152 e. The van der Waals surface area contributed by atoms with Gasteiger partial charge in [-0.25, -0.2) is 0 Å². The largest absolute Gasteiger partial charge is 0.387 e. The summed E-state index contributed by atoms with van der Waals surface area (Å²) in [5.41, 5.74) is -2.95. The monoisotopic (exact) mass is 226 g/mol. The number of allylic oxidation sites excluding steroid dienone is 1. The summed E-state index contributed by atoms with van der Waals surface area (Å²) in [7, 11) is 0. The van der Waals surface area contributed by atoms with Crippen LogP contribution in [0.3, 0.4) is 0 Å². The molecule has 92 valence electrons. The molecule has 16 heavy (non-hydrogen) atoms. The molecule has 1 saturated carbocycles. The minimum Gasteiger partial charge on any atom is -0.387 e. The van der Waals surface area contributed by atoms with Crippen molar-refractivity contribution in [3.05, 3.63) is 12.2 Å². The van der Waals surface area contributed by atoms with Gasteiger partial charge in [-0.05, 0) is 50.7 Å². The van der Waals surface area contributed by atoms with E-state index in [2.05, 4.69) is 0 Å². The third kappa shape index (κ3) is 2.06. The van der Waals surface area contributed by atoms with Gasteiger partial charge in [-0.2, -0.15) is 0 Å². The second-order valence-corrected chi connectivity index (χ2v) is 5.72. The maximum atomic E-state index is 11.0. The molecule has 0 aromatic carbocycles. The molecule has 1 aliphatic carbocycles. The van der Waals surface area contributed by atoms with E-state index in [0.29, 0.717) is 6.42 Å². The van der Waals surface area contributed by atoms with Crippen LogP contribution in [0.4, 0.5) is 0 Å². The van der Waals surface area contributed by atoms with Gasteiger partial charge in [0.2, 0.25) is 0 Å². The molecular formula is C13H22O3. The molecule has 2 N–H and O–H groups in total. The van der Waals surface area contributed by atoms with E-state index in [4.69, 9.17) is 0 Å². The Bertz CT molecular complexity index is 297. The predicted molar refractivity (Wildman–Crippen MR) is 63.0 cm³/mol. The zero-order valence-electron chi connectivity index (χ0n) is 10.6. The Morgan fingerprint density at radius 1 is 1.19 bits per heavy atom. The lowest BCUT2D eigenvalue weighted by molar-refractivity contribution is -0.194. The SMILES string of the molecule is CC(=O)/C=C/C1(O)C(C)(C)CCCC1(C)O. The normalized spacial score (nSPS) is 38.9. The number of carbonyl (C=O) groups excluding carboxylic acids is 1. The van der Waals surface area contributed by atoms with Crippen molar-refractivity contribution in [2.24, 2.45) is 5.41 Å². The van der Waals surface area contributed by atoms with Gasteiger partial charge in [-0.1, -0.05) is 13.8 Å². The van der Waals surface area contributed by atoms with Crippen LogP contribution in [0.5, 0.6) is 0 Å². The summed E-state index contributed by atoms with van der Waals surface area (Å²) < 4.78 is 0. The van der Waals surface area contributed by atoms with Crippen molar-refractivity contribution < 1.29 is 15.0 Å². The Kier molecular flexibility index (Phi) is 3.32. The molecule has 3 nitrogen and oxygen atoms in total. The maximum absolute atomic E-state index is 11.0. The average Bonchev–Trinajstić information content (AvgIpc) is 2.10. The van der Waals surface area contributed by atoms with Gasteiger partial charge >= 0.3 is 0 Å². The Morgan fingerprint density at radius 2 is 1.75 bits per heavy atom. The summed E-state index contributed by atoms with van der Waals surface area (Å²) in [6.07, 6.45) is 5.09. The van der Waals surface area contributed by atoms with Crippen molar-refractivity contribution in [2.75, 3.05) is 0 Å². The van der Waals surface area contributed by atoms with Crippen LogP contribution in [0.15, 0.2) is 12.2 Å². The fourth-order valence-electron chi connectivity index (χ4n) is 2.63. The highest BCUT2D eigenvalue weighted by Crippen LogP contribution is 2.49. The van der Waals surface area contributed by atoms with Gasteiger partial charge in [-0.3, -0.25) is 4.79 Å². The van der Waals surface area contributed by atoms with Crippen molar-refractivity contribution in [3.8, 4) is 0 Å². The fraction of sp³-hybridized carbons (Fsp3) is 0.769. The quantitative estimate of drug-likeness (QED) is 0.706. The van der Waals surface area contributed by atoms with Gasteiger partial charge in [-0.15, -0.1) is 0 Å². The van der Waals surface area contributed by atoms with Gasteiger partial charge in [0.05, 0.1) is 5.60 Å². The zero-order valence-corrected chi connectivity index (χ0v) is 10.6. The van der Waals surface area contributed by atoms with Crippen LogP contribution >= 0.6 is 0 Å².